The molecule has 1 rings (SSSR count). The summed E-state index contributed by atoms with van der Waals surface area (Å²) in [6.45, 7) is 4.56. The number of rotatable bonds is 2. The molecule has 1 aliphatic rings. The van der Waals surface area contributed by atoms with Crippen molar-refractivity contribution in [3.05, 3.63) is 0 Å². The molecule has 0 aliphatic heterocycles. The van der Waals surface area contributed by atoms with Crippen molar-refractivity contribution in [1.29, 1.82) is 0 Å². The van der Waals surface area contributed by atoms with Crippen molar-refractivity contribution in [3.8, 4) is 0 Å². The third-order valence-corrected chi connectivity index (χ3v) is 3.50. The second-order valence-electron chi connectivity index (χ2n) is 4.29. The zero-order chi connectivity index (χ0) is 9.14. The highest BCUT2D eigenvalue weighted by Crippen LogP contribution is 2.35. The summed E-state index contributed by atoms with van der Waals surface area (Å²) in [7, 11) is 0. The van der Waals surface area contributed by atoms with Crippen LogP contribution in [0.4, 0.5) is 0 Å². The Morgan fingerprint density at radius 3 is 1.83 bits per heavy atom. The first kappa shape index (κ1) is 10.3. The summed E-state index contributed by atoms with van der Waals surface area (Å²) < 4.78 is 0. The number of aliphatic hydroxyl groups excluding tert-OH is 1. The third-order valence-electron chi connectivity index (χ3n) is 3.15. The lowest BCUT2D eigenvalue weighted by Gasteiger charge is -2.31. The Kier molecular flexibility index (Phi) is 3.85. The predicted octanol–water partition coefficient (Wildman–Crippen LogP) is 3.01. The number of aliphatic hydroxyl groups is 1. The Balaban J connectivity index is 2.30. The Hall–Kier alpha value is 0.250. The molecule has 1 N–H and O–H groups in total. The second-order valence-corrected chi connectivity index (χ2v) is 4.74. The predicted molar refractivity (Wildman–Crippen MR) is 52.1 cm³/mol. The average molecular weight is 191 g/mol. The molecule has 1 unspecified atom stereocenters. The van der Waals surface area contributed by atoms with Crippen molar-refractivity contribution in [3.63, 3.8) is 0 Å². The Morgan fingerprint density at radius 1 is 1.08 bits per heavy atom. The molecule has 0 spiro atoms. The van der Waals surface area contributed by atoms with E-state index in [1.807, 2.05) is 0 Å². The quantitative estimate of drug-likeness (QED) is 0.664. The summed E-state index contributed by atoms with van der Waals surface area (Å²) in [6, 6.07) is 0. The van der Waals surface area contributed by atoms with E-state index in [1.165, 1.54) is 12.8 Å². The molecule has 12 heavy (non-hydrogen) atoms. The van der Waals surface area contributed by atoms with Gasteiger partial charge in [-0.15, -0.1) is 0 Å². The largest absolute Gasteiger partial charge is 0.377 e. The van der Waals surface area contributed by atoms with E-state index in [0.717, 1.165) is 24.7 Å². The van der Waals surface area contributed by atoms with Crippen LogP contribution >= 0.6 is 11.6 Å². The maximum atomic E-state index is 9.17. The standard InChI is InChI=1S/C10H19ClO/c1-7(2)8-3-5-9(6-4-8)10(11)12/h7-10,12H,3-6H2,1-2H3. The van der Waals surface area contributed by atoms with Crippen molar-refractivity contribution >= 4 is 11.6 Å². The molecule has 0 aromatic heterocycles. The molecule has 0 bridgehead atoms. The van der Waals surface area contributed by atoms with Gasteiger partial charge in [-0.3, -0.25) is 0 Å². The summed E-state index contributed by atoms with van der Waals surface area (Å²) in [4.78, 5) is 0. The van der Waals surface area contributed by atoms with Crippen LogP contribution in [0.3, 0.4) is 0 Å². The minimum atomic E-state index is -0.613. The zero-order valence-corrected chi connectivity index (χ0v) is 8.72. The van der Waals surface area contributed by atoms with E-state index in [9.17, 15) is 0 Å². The highest BCUT2D eigenvalue weighted by atomic mass is 35.5. The fourth-order valence-electron chi connectivity index (χ4n) is 2.09. The number of hydrogen-bond donors (Lipinski definition) is 1. The van der Waals surface area contributed by atoms with Crippen molar-refractivity contribution in [2.45, 2.75) is 45.1 Å². The molecule has 1 aliphatic carbocycles. The van der Waals surface area contributed by atoms with E-state index in [2.05, 4.69) is 13.8 Å². The van der Waals surface area contributed by atoms with Gasteiger partial charge in [-0.05, 0) is 43.4 Å². The SMILES string of the molecule is CC(C)C1CCC(C(O)Cl)CC1. The Bertz CT molecular complexity index is 110. The van der Waals surface area contributed by atoms with Crippen LogP contribution in [-0.2, 0) is 0 Å². The van der Waals surface area contributed by atoms with Crippen LogP contribution in [0.15, 0.2) is 0 Å². The summed E-state index contributed by atoms with van der Waals surface area (Å²) in [5, 5.41) is 9.17. The fourth-order valence-corrected chi connectivity index (χ4v) is 2.34. The monoisotopic (exact) mass is 190 g/mol. The topological polar surface area (TPSA) is 20.2 Å². The second kappa shape index (κ2) is 4.48. The Morgan fingerprint density at radius 2 is 1.50 bits per heavy atom. The minimum Gasteiger partial charge on any atom is -0.377 e. The van der Waals surface area contributed by atoms with Crippen LogP contribution in [-0.4, -0.2) is 10.7 Å². The number of halogens is 1. The van der Waals surface area contributed by atoms with E-state index in [4.69, 9.17) is 16.7 Å². The van der Waals surface area contributed by atoms with Gasteiger partial charge < -0.3 is 5.11 Å². The van der Waals surface area contributed by atoms with Gasteiger partial charge in [0, 0.05) is 0 Å². The number of alkyl halides is 1. The highest BCUT2D eigenvalue weighted by Gasteiger charge is 2.26. The lowest BCUT2D eigenvalue weighted by Crippen LogP contribution is -2.24. The molecule has 1 atom stereocenters. The molecular weight excluding hydrogens is 172 g/mol. The van der Waals surface area contributed by atoms with Gasteiger partial charge in [0.15, 0.2) is 0 Å². The summed E-state index contributed by atoms with van der Waals surface area (Å²) >= 11 is 5.64. The normalized spacial score (nSPS) is 33.8. The van der Waals surface area contributed by atoms with Crippen LogP contribution in [0.2, 0.25) is 0 Å². The van der Waals surface area contributed by atoms with Gasteiger partial charge in [0.1, 0.15) is 5.56 Å². The van der Waals surface area contributed by atoms with Crippen LogP contribution in [0.25, 0.3) is 0 Å². The molecule has 0 saturated heterocycles. The summed E-state index contributed by atoms with van der Waals surface area (Å²) in [5.74, 6) is 2.00. The lowest BCUT2D eigenvalue weighted by atomic mass is 9.77. The molecule has 0 heterocycles. The highest BCUT2D eigenvalue weighted by molar-refractivity contribution is 6.19. The average Bonchev–Trinajstić information content (AvgIpc) is 2.04. The van der Waals surface area contributed by atoms with E-state index in [1.54, 1.807) is 0 Å². The fraction of sp³-hybridized carbons (Fsp3) is 1.00. The Labute approximate surface area is 80.1 Å². The first-order chi connectivity index (χ1) is 5.61. The van der Waals surface area contributed by atoms with E-state index >= 15 is 0 Å². The molecule has 0 radical (unpaired) electrons. The van der Waals surface area contributed by atoms with Gasteiger partial charge >= 0.3 is 0 Å². The lowest BCUT2D eigenvalue weighted by molar-refractivity contribution is 0.123. The van der Waals surface area contributed by atoms with Gasteiger partial charge in [0.05, 0.1) is 0 Å². The summed E-state index contributed by atoms with van der Waals surface area (Å²) in [6.07, 6.45) is 4.69. The van der Waals surface area contributed by atoms with Gasteiger partial charge in [0.25, 0.3) is 0 Å². The van der Waals surface area contributed by atoms with E-state index < -0.39 is 5.56 Å². The molecule has 1 fully saturated rings. The third kappa shape index (κ3) is 2.63. The molecule has 0 amide bonds. The maximum Gasteiger partial charge on any atom is 0.130 e. The first-order valence-corrected chi connectivity index (χ1v) is 5.37. The van der Waals surface area contributed by atoms with Gasteiger partial charge in [0.2, 0.25) is 0 Å². The smallest absolute Gasteiger partial charge is 0.130 e. The molecule has 72 valence electrons. The van der Waals surface area contributed by atoms with Crippen LogP contribution in [0.5, 0.6) is 0 Å². The van der Waals surface area contributed by atoms with Crippen LogP contribution in [0, 0.1) is 17.8 Å². The van der Waals surface area contributed by atoms with Crippen LogP contribution < -0.4 is 0 Å². The van der Waals surface area contributed by atoms with Crippen molar-refractivity contribution in [1.82, 2.24) is 0 Å². The molecule has 1 nitrogen and oxygen atoms in total. The van der Waals surface area contributed by atoms with E-state index in [-0.39, 0.29) is 0 Å². The van der Waals surface area contributed by atoms with Crippen molar-refractivity contribution in [2.75, 3.05) is 0 Å². The number of hydrogen-bond acceptors (Lipinski definition) is 1. The summed E-state index contributed by atoms with van der Waals surface area (Å²) in [5.41, 5.74) is -0.613. The van der Waals surface area contributed by atoms with Gasteiger partial charge in [-0.2, -0.15) is 0 Å². The van der Waals surface area contributed by atoms with Gasteiger partial charge in [-0.1, -0.05) is 25.4 Å². The molecule has 1 saturated carbocycles. The zero-order valence-electron chi connectivity index (χ0n) is 7.96. The van der Waals surface area contributed by atoms with Gasteiger partial charge in [-0.25, -0.2) is 0 Å². The van der Waals surface area contributed by atoms with Crippen molar-refractivity contribution < 1.29 is 5.11 Å². The molecular formula is C10H19ClO. The van der Waals surface area contributed by atoms with Crippen molar-refractivity contribution in [2.24, 2.45) is 17.8 Å². The van der Waals surface area contributed by atoms with E-state index in [0.29, 0.717) is 5.92 Å². The maximum absolute atomic E-state index is 9.17. The first-order valence-electron chi connectivity index (χ1n) is 4.93. The van der Waals surface area contributed by atoms with Crippen LogP contribution in [0.1, 0.15) is 39.5 Å². The minimum absolute atomic E-state index is 0.349. The molecule has 2 heteroatoms. The molecule has 0 aromatic rings. The molecule has 0 aromatic carbocycles.